The highest BCUT2D eigenvalue weighted by Gasteiger charge is 2.20. The predicted octanol–water partition coefficient (Wildman–Crippen LogP) is 4.82. The number of hydrogen-bond acceptors (Lipinski definition) is 1. The van der Waals surface area contributed by atoms with Gasteiger partial charge in [0, 0.05) is 9.92 Å². The number of hydrogen-bond donors (Lipinski definition) is 0. The molecule has 0 bridgehead atoms. The van der Waals surface area contributed by atoms with E-state index < -0.39 is 7.22 Å². The molecule has 0 radical (unpaired) electrons. The summed E-state index contributed by atoms with van der Waals surface area (Å²) in [6.45, 7) is 8.51. The molecule has 0 aliphatic carbocycles. The summed E-state index contributed by atoms with van der Waals surface area (Å²) in [6.07, 6.45) is 2.02. The van der Waals surface area contributed by atoms with Crippen LogP contribution in [0.15, 0.2) is 41.8 Å². The molecule has 0 aromatic heterocycles. The van der Waals surface area contributed by atoms with Gasteiger partial charge in [0.1, 0.15) is 7.22 Å². The van der Waals surface area contributed by atoms with E-state index in [0.29, 0.717) is 0 Å². The van der Waals surface area contributed by atoms with E-state index in [-0.39, 0.29) is 0 Å². The first-order valence-electron chi connectivity index (χ1n) is 4.59. The molecule has 76 valence electrons. The maximum atomic E-state index is 5.83. The molecule has 0 N–H and O–H groups in total. The second-order valence-corrected chi connectivity index (χ2v) is 12.8. The zero-order valence-corrected chi connectivity index (χ0v) is 11.2. The summed E-state index contributed by atoms with van der Waals surface area (Å²) in [7, 11) is -1.21. The van der Waals surface area contributed by atoms with Gasteiger partial charge in [-0.2, -0.15) is 11.2 Å². The van der Waals surface area contributed by atoms with Crippen molar-refractivity contribution in [2.45, 2.75) is 24.0 Å². The fourth-order valence-corrected chi connectivity index (χ4v) is 5.95. The van der Waals surface area contributed by atoms with Gasteiger partial charge in [0.2, 0.25) is 0 Å². The van der Waals surface area contributed by atoms with Crippen molar-refractivity contribution in [3.8, 4) is 0 Å². The highest BCUT2D eigenvalue weighted by molar-refractivity contribution is 8.28. The molecule has 1 aromatic carbocycles. The van der Waals surface area contributed by atoms with Crippen LogP contribution in [0.25, 0.3) is 0 Å². The van der Waals surface area contributed by atoms with Gasteiger partial charge in [-0.3, -0.25) is 0 Å². The Morgan fingerprint density at radius 3 is 2.43 bits per heavy atom. The Bertz CT molecular complexity index is 306. The average molecular weight is 243 g/mol. The van der Waals surface area contributed by atoms with Gasteiger partial charge in [-0.25, -0.2) is 0 Å². The fourth-order valence-electron chi connectivity index (χ4n) is 1.21. The van der Waals surface area contributed by atoms with Crippen LogP contribution in [0.1, 0.15) is 0 Å². The smallest absolute Gasteiger partial charge is 0.121 e. The van der Waals surface area contributed by atoms with Crippen molar-refractivity contribution < 1.29 is 0 Å². The first kappa shape index (κ1) is 11.9. The van der Waals surface area contributed by atoms with Crippen LogP contribution in [0.3, 0.4) is 0 Å². The highest BCUT2D eigenvalue weighted by atomic mass is 35.5. The Labute approximate surface area is 96.0 Å². The van der Waals surface area contributed by atoms with Crippen molar-refractivity contribution in [3.05, 3.63) is 41.9 Å². The molecule has 0 atom stereocenters. The van der Waals surface area contributed by atoms with Crippen LogP contribution in [0.2, 0.25) is 24.2 Å². The van der Waals surface area contributed by atoms with Gasteiger partial charge in [-0.1, -0.05) is 30.8 Å². The van der Waals surface area contributed by atoms with Crippen LogP contribution in [-0.2, 0) is 0 Å². The lowest BCUT2D eigenvalue weighted by Crippen LogP contribution is -2.18. The first-order valence-corrected chi connectivity index (χ1v) is 9.71. The lowest BCUT2D eigenvalue weighted by Gasteiger charge is -2.19. The molecule has 14 heavy (non-hydrogen) atoms. The third-order valence-corrected chi connectivity index (χ3v) is 7.29. The van der Waals surface area contributed by atoms with Gasteiger partial charge in [0.15, 0.2) is 0 Å². The van der Waals surface area contributed by atoms with Gasteiger partial charge >= 0.3 is 0 Å². The van der Waals surface area contributed by atoms with Gasteiger partial charge in [-0.05, 0) is 30.3 Å². The summed E-state index contributed by atoms with van der Waals surface area (Å²) in [5.74, 6) is 0. The Morgan fingerprint density at radius 1 is 1.36 bits per heavy atom. The van der Waals surface area contributed by atoms with E-state index in [9.17, 15) is 0 Å². The summed E-state index contributed by atoms with van der Waals surface area (Å²) in [5.41, 5.74) is 0. The molecule has 1 aromatic rings. The maximum absolute atomic E-state index is 5.83. The maximum Gasteiger partial charge on any atom is 0.121 e. The summed E-state index contributed by atoms with van der Waals surface area (Å²) in [6, 6.07) is 9.21. The van der Waals surface area contributed by atoms with Crippen LogP contribution < -0.4 is 0 Å². The van der Waals surface area contributed by atoms with Crippen LogP contribution in [0.4, 0.5) is 0 Å². The van der Waals surface area contributed by atoms with E-state index >= 15 is 0 Å². The monoisotopic (exact) mass is 242 g/mol. The summed E-state index contributed by atoms with van der Waals surface area (Å²) in [4.78, 5) is 1.31. The minimum atomic E-state index is -1.21. The molecule has 0 fully saturated rings. The number of rotatable bonds is 4. The zero-order valence-electron chi connectivity index (χ0n) is 8.59. The number of allylic oxidation sites excluding steroid dienone is 1. The molecule has 0 saturated heterocycles. The first-order chi connectivity index (χ1) is 6.53. The third-order valence-electron chi connectivity index (χ3n) is 1.84. The van der Waals surface area contributed by atoms with E-state index in [1.807, 2.05) is 29.4 Å². The summed E-state index contributed by atoms with van der Waals surface area (Å²) >= 11 is 7.82. The Hall–Kier alpha value is -0.183. The normalized spacial score (nSPS) is 11.4. The van der Waals surface area contributed by atoms with Gasteiger partial charge < -0.3 is 0 Å². The van der Waals surface area contributed by atoms with Crippen LogP contribution >= 0.6 is 22.8 Å². The average Bonchev–Trinajstić information content (AvgIpc) is 2.08. The molecule has 0 amide bonds. The van der Waals surface area contributed by atoms with Crippen molar-refractivity contribution >= 4 is 30.0 Å². The Kier molecular flexibility index (Phi) is 4.29. The molecular formula is C11H15ClSSi. The highest BCUT2D eigenvalue weighted by Crippen LogP contribution is 2.32. The lowest BCUT2D eigenvalue weighted by atomic mass is 10.4. The van der Waals surface area contributed by atoms with E-state index in [1.165, 1.54) is 4.90 Å². The Balaban J connectivity index is 2.68. The Morgan fingerprint density at radius 2 is 1.93 bits per heavy atom. The quantitative estimate of drug-likeness (QED) is 0.539. The number of halogens is 1. The standard InChI is InChI=1S/C11H15ClSSi/c1-4-9-14(2,3)13-11-7-5-10(12)6-8-11/h4-8H,1,9H2,2-3H3. The summed E-state index contributed by atoms with van der Waals surface area (Å²) in [5, 5.41) is 0.803. The van der Waals surface area contributed by atoms with Crippen molar-refractivity contribution in [2.24, 2.45) is 0 Å². The van der Waals surface area contributed by atoms with Crippen molar-refractivity contribution in [3.63, 3.8) is 0 Å². The molecule has 0 nitrogen and oxygen atoms in total. The van der Waals surface area contributed by atoms with E-state index in [0.717, 1.165) is 11.1 Å². The van der Waals surface area contributed by atoms with Gasteiger partial charge in [0.05, 0.1) is 0 Å². The van der Waals surface area contributed by atoms with E-state index in [1.54, 1.807) is 0 Å². The van der Waals surface area contributed by atoms with E-state index in [2.05, 4.69) is 31.8 Å². The molecule has 0 aliphatic heterocycles. The molecule has 0 saturated carbocycles. The summed E-state index contributed by atoms with van der Waals surface area (Å²) < 4.78 is 0. The molecule has 1 rings (SSSR count). The lowest BCUT2D eigenvalue weighted by molar-refractivity contribution is 1.47. The molecule has 0 heterocycles. The SMILES string of the molecule is C=CC[Si](C)(C)Sc1ccc(Cl)cc1. The van der Waals surface area contributed by atoms with Crippen molar-refractivity contribution in [2.75, 3.05) is 0 Å². The molecule has 3 heteroatoms. The molecule has 0 aliphatic rings. The largest absolute Gasteiger partial charge is 0.151 e. The zero-order chi connectivity index (χ0) is 10.6. The predicted molar refractivity (Wildman–Crippen MR) is 69.8 cm³/mol. The molecule has 0 unspecified atom stereocenters. The molecule has 0 spiro atoms. The van der Waals surface area contributed by atoms with Crippen molar-refractivity contribution in [1.82, 2.24) is 0 Å². The van der Waals surface area contributed by atoms with Crippen LogP contribution in [0, 0.1) is 0 Å². The second-order valence-electron chi connectivity index (χ2n) is 3.81. The molecular weight excluding hydrogens is 228 g/mol. The van der Waals surface area contributed by atoms with Crippen LogP contribution in [0.5, 0.6) is 0 Å². The van der Waals surface area contributed by atoms with Crippen molar-refractivity contribution in [1.29, 1.82) is 0 Å². The van der Waals surface area contributed by atoms with Crippen LogP contribution in [-0.4, -0.2) is 7.22 Å². The topological polar surface area (TPSA) is 0 Å². The van der Waals surface area contributed by atoms with E-state index in [4.69, 9.17) is 11.6 Å². The third kappa shape index (κ3) is 3.90. The van der Waals surface area contributed by atoms with Gasteiger partial charge in [0.25, 0.3) is 0 Å². The fraction of sp³-hybridized carbons (Fsp3) is 0.273. The van der Waals surface area contributed by atoms with Gasteiger partial charge in [-0.15, -0.1) is 6.58 Å². The number of benzene rings is 1. The minimum absolute atomic E-state index is 0.803. The second kappa shape index (κ2) is 5.05. The minimum Gasteiger partial charge on any atom is -0.151 e.